The highest BCUT2D eigenvalue weighted by atomic mass is 19.1. The van der Waals surface area contributed by atoms with Gasteiger partial charge in [-0.05, 0) is 110 Å². The van der Waals surface area contributed by atoms with Crippen LogP contribution < -0.4 is 5.32 Å². The van der Waals surface area contributed by atoms with E-state index < -0.39 is 11.9 Å². The lowest BCUT2D eigenvalue weighted by atomic mass is 9.71. The van der Waals surface area contributed by atoms with Gasteiger partial charge in [-0.25, -0.2) is 4.39 Å². The molecule has 1 aromatic carbocycles. The Morgan fingerprint density at radius 3 is 2.72 bits per heavy atom. The first-order chi connectivity index (χ1) is 17.4. The maximum atomic E-state index is 13.8. The molecule has 190 valence electrons. The number of nitrogens with zero attached hydrogens (tertiary/aromatic N) is 1. The van der Waals surface area contributed by atoms with Crippen LogP contribution in [0.1, 0.15) is 91.3 Å². The van der Waals surface area contributed by atoms with Crippen molar-refractivity contribution in [1.29, 1.82) is 0 Å². The second-order valence-electron chi connectivity index (χ2n) is 10.9. The highest BCUT2D eigenvalue weighted by Gasteiger charge is 2.35. The Morgan fingerprint density at radius 1 is 1.06 bits per heavy atom. The number of nitrogens with one attached hydrogen (secondary N) is 1. The van der Waals surface area contributed by atoms with E-state index in [1.54, 1.807) is 12.3 Å². The van der Waals surface area contributed by atoms with Gasteiger partial charge in [0.25, 0.3) is 5.91 Å². The quantitative estimate of drug-likeness (QED) is 0.539. The molecule has 5 atom stereocenters. The van der Waals surface area contributed by atoms with E-state index in [1.165, 1.54) is 22.9 Å². The Balaban J connectivity index is 1.31. The lowest BCUT2D eigenvalue weighted by Crippen LogP contribution is -2.40. The number of halogens is 1. The van der Waals surface area contributed by atoms with Gasteiger partial charge in [-0.15, -0.1) is 0 Å². The van der Waals surface area contributed by atoms with Crippen LogP contribution in [0.4, 0.5) is 4.39 Å². The largest absolute Gasteiger partial charge is 0.481 e. The third-order valence-electron chi connectivity index (χ3n) is 8.69. The molecule has 0 radical (unpaired) electrons. The second-order valence-corrected chi connectivity index (χ2v) is 10.9. The molecule has 36 heavy (non-hydrogen) atoms. The number of carboxylic acid groups (broad SMARTS) is 1. The van der Waals surface area contributed by atoms with Crippen molar-refractivity contribution in [2.75, 3.05) is 0 Å². The van der Waals surface area contributed by atoms with Crippen molar-refractivity contribution in [2.45, 2.75) is 76.7 Å². The molecule has 5 unspecified atom stereocenters. The molecule has 1 saturated carbocycles. The Hall–Kier alpha value is -3.02. The van der Waals surface area contributed by atoms with Gasteiger partial charge in [0.15, 0.2) is 0 Å². The van der Waals surface area contributed by atoms with Crippen molar-refractivity contribution in [3.63, 3.8) is 0 Å². The molecule has 6 heteroatoms. The number of carbonyl (C=O) groups is 2. The second kappa shape index (κ2) is 10.5. The van der Waals surface area contributed by atoms with Crippen LogP contribution in [0, 0.1) is 23.6 Å². The Kier molecular flexibility index (Phi) is 7.22. The summed E-state index contributed by atoms with van der Waals surface area (Å²) in [6, 6.07) is 7.38. The Labute approximate surface area is 212 Å². The van der Waals surface area contributed by atoms with Crippen molar-refractivity contribution < 1.29 is 19.1 Å². The number of pyridine rings is 1. The molecule has 1 heterocycles. The first-order valence-corrected chi connectivity index (χ1v) is 13.4. The van der Waals surface area contributed by atoms with Gasteiger partial charge in [0.05, 0.1) is 12.1 Å². The van der Waals surface area contributed by atoms with Gasteiger partial charge in [-0.3, -0.25) is 14.6 Å². The summed E-state index contributed by atoms with van der Waals surface area (Å²) in [6.45, 7) is 2.22. The van der Waals surface area contributed by atoms with Gasteiger partial charge in [0, 0.05) is 17.8 Å². The molecule has 1 aromatic heterocycles. The predicted molar refractivity (Wildman–Crippen MR) is 137 cm³/mol. The van der Waals surface area contributed by atoms with E-state index in [1.807, 2.05) is 12.1 Å². The molecule has 5 rings (SSSR count). The average molecular weight is 491 g/mol. The van der Waals surface area contributed by atoms with Gasteiger partial charge in [0.2, 0.25) is 0 Å². The molecule has 2 N–H and O–H groups in total. The van der Waals surface area contributed by atoms with Crippen LogP contribution in [0.25, 0.3) is 5.57 Å². The third kappa shape index (κ3) is 5.09. The zero-order chi connectivity index (χ0) is 25.2. The third-order valence-corrected chi connectivity index (χ3v) is 8.69. The fraction of sp³-hybridized carbons (Fsp3) is 0.500. The fourth-order valence-corrected chi connectivity index (χ4v) is 6.75. The molecule has 3 aliphatic rings. The number of hydrogen-bond donors (Lipinski definition) is 2. The number of aryl methyl sites for hydroxylation is 1. The zero-order valence-electron chi connectivity index (χ0n) is 20.9. The number of aliphatic carboxylic acids is 1. The summed E-state index contributed by atoms with van der Waals surface area (Å²) < 4.78 is 13.8. The van der Waals surface area contributed by atoms with Crippen LogP contribution in [0.15, 0.2) is 42.7 Å². The van der Waals surface area contributed by atoms with Gasteiger partial charge in [-0.2, -0.15) is 0 Å². The minimum Gasteiger partial charge on any atom is -0.481 e. The number of aromatic nitrogens is 1. The fourth-order valence-electron chi connectivity index (χ4n) is 6.75. The first-order valence-electron chi connectivity index (χ1n) is 13.4. The van der Waals surface area contributed by atoms with Crippen LogP contribution in [0.5, 0.6) is 0 Å². The topological polar surface area (TPSA) is 79.3 Å². The highest BCUT2D eigenvalue weighted by Crippen LogP contribution is 2.44. The maximum absolute atomic E-state index is 13.8. The van der Waals surface area contributed by atoms with Gasteiger partial charge < -0.3 is 10.4 Å². The molecular weight excluding hydrogens is 455 g/mol. The lowest BCUT2D eigenvalue weighted by molar-refractivity contribution is -0.142. The molecule has 1 fully saturated rings. The molecule has 1 amide bonds. The van der Waals surface area contributed by atoms with Crippen molar-refractivity contribution >= 4 is 17.4 Å². The van der Waals surface area contributed by atoms with Crippen LogP contribution >= 0.6 is 0 Å². The van der Waals surface area contributed by atoms with E-state index in [0.717, 1.165) is 56.9 Å². The van der Waals surface area contributed by atoms with Crippen LogP contribution in [0.2, 0.25) is 0 Å². The van der Waals surface area contributed by atoms with E-state index >= 15 is 0 Å². The number of benzene rings is 1. The molecule has 0 aliphatic heterocycles. The molecule has 5 nitrogen and oxygen atoms in total. The number of fused-ring (bicyclic) bond motifs is 3. The van der Waals surface area contributed by atoms with E-state index in [4.69, 9.17) is 0 Å². The zero-order valence-corrected chi connectivity index (χ0v) is 20.9. The lowest BCUT2D eigenvalue weighted by Gasteiger charge is -2.34. The molecule has 0 spiro atoms. The van der Waals surface area contributed by atoms with E-state index in [9.17, 15) is 19.1 Å². The highest BCUT2D eigenvalue weighted by molar-refractivity contribution is 5.95. The number of allylic oxidation sites excluding steroid dienone is 2. The SMILES string of the molecule is CC1CCC2c3ccc(C(=O)NC4CCCC4C(=O)O)cc3CCC2CCC=C1c1cncc(F)c1. The maximum Gasteiger partial charge on any atom is 0.308 e. The smallest absolute Gasteiger partial charge is 0.308 e. The summed E-state index contributed by atoms with van der Waals surface area (Å²) in [4.78, 5) is 28.5. The standard InChI is InChI=1S/C30H35FN2O3/c1-18-8-12-25-19(4-2-5-24(18)22-15-23(31)17-32-16-22)9-10-20-14-21(11-13-26(20)25)29(34)33-28-7-3-6-27(28)30(35)36/h5,11,13-19,25,27-28H,2-4,6-10,12H2,1H3,(H,33,34)(H,35,36). The monoisotopic (exact) mass is 490 g/mol. The molecule has 0 saturated heterocycles. The first kappa shape index (κ1) is 24.7. The van der Waals surface area contributed by atoms with Crippen molar-refractivity contribution in [3.8, 4) is 0 Å². The Bertz CT molecular complexity index is 1180. The molecular formula is C30H35FN2O3. The van der Waals surface area contributed by atoms with Crippen molar-refractivity contribution in [1.82, 2.24) is 10.3 Å². The van der Waals surface area contributed by atoms with E-state index in [2.05, 4.69) is 29.4 Å². The van der Waals surface area contributed by atoms with Crippen molar-refractivity contribution in [2.24, 2.45) is 17.8 Å². The van der Waals surface area contributed by atoms with E-state index in [0.29, 0.717) is 29.7 Å². The summed E-state index contributed by atoms with van der Waals surface area (Å²) in [6.07, 6.45) is 13.7. The summed E-state index contributed by atoms with van der Waals surface area (Å²) in [5, 5.41) is 12.4. The Morgan fingerprint density at radius 2 is 1.92 bits per heavy atom. The van der Waals surface area contributed by atoms with Crippen LogP contribution in [-0.2, 0) is 11.2 Å². The van der Waals surface area contributed by atoms with E-state index in [-0.39, 0.29) is 17.8 Å². The van der Waals surface area contributed by atoms with Crippen LogP contribution in [-0.4, -0.2) is 28.0 Å². The van der Waals surface area contributed by atoms with Gasteiger partial charge in [-0.1, -0.05) is 25.5 Å². The average Bonchev–Trinajstić information content (AvgIpc) is 3.35. The molecule has 2 aromatic rings. The number of rotatable bonds is 4. The predicted octanol–water partition coefficient (Wildman–Crippen LogP) is 6.14. The minimum atomic E-state index is -0.824. The molecule has 0 bridgehead atoms. The number of hydrogen-bond acceptors (Lipinski definition) is 3. The van der Waals surface area contributed by atoms with Gasteiger partial charge in [0.1, 0.15) is 5.82 Å². The number of carbonyl (C=O) groups excluding carboxylic acids is 1. The minimum absolute atomic E-state index is 0.168. The van der Waals surface area contributed by atoms with Crippen LogP contribution in [0.3, 0.4) is 0 Å². The number of carboxylic acids is 1. The normalized spacial score (nSPS) is 28.1. The summed E-state index contributed by atoms with van der Waals surface area (Å²) in [7, 11) is 0. The summed E-state index contributed by atoms with van der Waals surface area (Å²) in [5.74, 6) is -0.410. The number of amides is 1. The van der Waals surface area contributed by atoms with Crippen molar-refractivity contribution in [3.05, 3.63) is 70.8 Å². The van der Waals surface area contributed by atoms with Gasteiger partial charge >= 0.3 is 5.97 Å². The summed E-state index contributed by atoms with van der Waals surface area (Å²) >= 11 is 0. The summed E-state index contributed by atoms with van der Waals surface area (Å²) in [5.41, 5.74) is 5.31. The molecule has 3 aliphatic carbocycles.